The zero-order chi connectivity index (χ0) is 14.4. The first-order valence-electron chi connectivity index (χ1n) is 7.87. The largest absolute Gasteiger partial charge is 0.486 e. The first-order valence-corrected chi connectivity index (χ1v) is 7.87. The maximum atomic E-state index is 14.1. The van der Waals surface area contributed by atoms with Crippen molar-refractivity contribution in [2.45, 2.75) is 64.5 Å². The molecule has 2 nitrogen and oxygen atoms in total. The molecule has 0 saturated heterocycles. The Morgan fingerprint density at radius 2 is 1.95 bits per heavy atom. The molecule has 0 aromatic heterocycles. The zero-order valence-corrected chi connectivity index (χ0v) is 12.6. The minimum absolute atomic E-state index is 0.0755. The van der Waals surface area contributed by atoms with Gasteiger partial charge in [0.1, 0.15) is 6.10 Å². The summed E-state index contributed by atoms with van der Waals surface area (Å²) in [5.41, 5.74) is 0.647. The summed E-state index contributed by atoms with van der Waals surface area (Å²) in [4.78, 5) is 0. The van der Waals surface area contributed by atoms with Crippen LogP contribution in [-0.4, -0.2) is 18.7 Å². The number of likely N-dealkylation sites (N-methyl/N-ethyl adjacent to an activating group) is 1. The van der Waals surface area contributed by atoms with E-state index in [9.17, 15) is 4.39 Å². The summed E-state index contributed by atoms with van der Waals surface area (Å²) in [5.74, 6) is 0.184. The predicted molar refractivity (Wildman–Crippen MR) is 80.7 cm³/mol. The highest BCUT2D eigenvalue weighted by molar-refractivity contribution is 5.30. The SMILES string of the molecule is CCNC1CCCCCCC1Oc1cccc(C)c1F. The molecule has 0 heterocycles. The summed E-state index contributed by atoms with van der Waals surface area (Å²) < 4.78 is 20.1. The summed E-state index contributed by atoms with van der Waals surface area (Å²) in [6.07, 6.45) is 7.15. The molecule has 2 rings (SSSR count). The Balaban J connectivity index is 2.11. The van der Waals surface area contributed by atoms with Crippen LogP contribution in [0.3, 0.4) is 0 Å². The van der Waals surface area contributed by atoms with Gasteiger partial charge in [-0.1, -0.05) is 38.3 Å². The van der Waals surface area contributed by atoms with E-state index in [2.05, 4.69) is 12.2 Å². The molecule has 112 valence electrons. The number of hydrogen-bond donors (Lipinski definition) is 1. The molecule has 1 aromatic carbocycles. The van der Waals surface area contributed by atoms with Crippen LogP contribution in [-0.2, 0) is 0 Å². The molecule has 1 aliphatic rings. The zero-order valence-electron chi connectivity index (χ0n) is 12.6. The van der Waals surface area contributed by atoms with E-state index in [4.69, 9.17) is 4.74 Å². The normalized spacial score (nSPS) is 23.9. The van der Waals surface area contributed by atoms with Gasteiger partial charge in [-0.15, -0.1) is 0 Å². The molecule has 1 saturated carbocycles. The number of hydrogen-bond acceptors (Lipinski definition) is 2. The van der Waals surface area contributed by atoms with E-state index in [1.165, 1.54) is 25.7 Å². The molecule has 1 fully saturated rings. The molecule has 0 amide bonds. The first-order chi connectivity index (χ1) is 9.72. The molecule has 0 aliphatic heterocycles. The number of nitrogens with one attached hydrogen (secondary N) is 1. The summed E-state index contributed by atoms with van der Waals surface area (Å²) in [6.45, 7) is 4.83. The van der Waals surface area contributed by atoms with Gasteiger partial charge in [0.2, 0.25) is 0 Å². The van der Waals surface area contributed by atoms with E-state index >= 15 is 0 Å². The third-order valence-corrected chi connectivity index (χ3v) is 4.10. The second kappa shape index (κ2) is 7.63. The summed E-state index contributed by atoms with van der Waals surface area (Å²) in [7, 11) is 0. The van der Waals surface area contributed by atoms with Gasteiger partial charge in [-0.05, 0) is 44.4 Å². The highest BCUT2D eigenvalue weighted by atomic mass is 19.1. The fourth-order valence-corrected chi connectivity index (χ4v) is 2.96. The van der Waals surface area contributed by atoms with Gasteiger partial charge in [0.15, 0.2) is 11.6 Å². The van der Waals surface area contributed by atoms with Crippen molar-refractivity contribution >= 4 is 0 Å². The summed E-state index contributed by atoms with van der Waals surface area (Å²) >= 11 is 0. The molecular weight excluding hydrogens is 253 g/mol. The van der Waals surface area contributed by atoms with Gasteiger partial charge in [-0.2, -0.15) is 0 Å². The fraction of sp³-hybridized carbons (Fsp3) is 0.647. The van der Waals surface area contributed by atoms with E-state index in [1.54, 1.807) is 19.1 Å². The van der Waals surface area contributed by atoms with Crippen molar-refractivity contribution < 1.29 is 9.13 Å². The van der Waals surface area contributed by atoms with Crippen molar-refractivity contribution in [2.24, 2.45) is 0 Å². The predicted octanol–water partition coefficient (Wildman–Crippen LogP) is 4.21. The second-order valence-electron chi connectivity index (χ2n) is 5.70. The standard InChI is InChI=1S/C17H26FNO/c1-3-19-14-10-6-4-5-7-11-15(14)20-16-12-8-9-13(2)17(16)18/h8-9,12,14-15,19H,3-7,10-11H2,1-2H3. The molecule has 0 bridgehead atoms. The Kier molecular flexibility index (Phi) is 5.84. The van der Waals surface area contributed by atoms with Crippen molar-refractivity contribution in [2.75, 3.05) is 6.54 Å². The van der Waals surface area contributed by atoms with E-state index in [1.807, 2.05) is 6.07 Å². The van der Waals surface area contributed by atoms with Gasteiger partial charge >= 0.3 is 0 Å². The average molecular weight is 279 g/mol. The second-order valence-corrected chi connectivity index (χ2v) is 5.70. The maximum absolute atomic E-state index is 14.1. The lowest BCUT2D eigenvalue weighted by molar-refractivity contribution is 0.122. The lowest BCUT2D eigenvalue weighted by Crippen LogP contribution is -2.43. The molecule has 2 unspecified atom stereocenters. The van der Waals surface area contributed by atoms with Crippen molar-refractivity contribution in [3.63, 3.8) is 0 Å². The molecule has 1 N–H and O–H groups in total. The number of halogens is 1. The van der Waals surface area contributed by atoms with E-state index in [0.717, 1.165) is 19.4 Å². The number of benzene rings is 1. The maximum Gasteiger partial charge on any atom is 0.167 e. The van der Waals surface area contributed by atoms with Gasteiger partial charge in [0, 0.05) is 6.04 Å². The Morgan fingerprint density at radius 1 is 1.20 bits per heavy atom. The van der Waals surface area contributed by atoms with Crippen LogP contribution in [0.4, 0.5) is 4.39 Å². The first kappa shape index (κ1) is 15.3. The van der Waals surface area contributed by atoms with E-state index in [0.29, 0.717) is 17.4 Å². The Labute approximate surface area is 121 Å². The molecule has 1 aliphatic carbocycles. The fourth-order valence-electron chi connectivity index (χ4n) is 2.96. The van der Waals surface area contributed by atoms with Gasteiger partial charge in [0.05, 0.1) is 0 Å². The number of aryl methyl sites for hydroxylation is 1. The van der Waals surface area contributed by atoms with E-state index < -0.39 is 0 Å². The topological polar surface area (TPSA) is 21.3 Å². The van der Waals surface area contributed by atoms with Crippen molar-refractivity contribution in [3.05, 3.63) is 29.6 Å². The number of rotatable bonds is 4. The smallest absolute Gasteiger partial charge is 0.167 e. The molecule has 0 spiro atoms. The highest BCUT2D eigenvalue weighted by Crippen LogP contribution is 2.26. The monoisotopic (exact) mass is 279 g/mol. The van der Waals surface area contributed by atoms with Crippen LogP contribution in [0, 0.1) is 12.7 Å². The van der Waals surface area contributed by atoms with Crippen molar-refractivity contribution in [3.8, 4) is 5.75 Å². The minimum atomic E-state index is -0.218. The van der Waals surface area contributed by atoms with Gasteiger partial charge in [-0.3, -0.25) is 0 Å². The lowest BCUT2D eigenvalue weighted by Gasteiger charge is -2.30. The van der Waals surface area contributed by atoms with Gasteiger partial charge < -0.3 is 10.1 Å². The van der Waals surface area contributed by atoms with Gasteiger partial charge in [0.25, 0.3) is 0 Å². The van der Waals surface area contributed by atoms with Gasteiger partial charge in [-0.25, -0.2) is 4.39 Å². The van der Waals surface area contributed by atoms with Crippen LogP contribution in [0.15, 0.2) is 18.2 Å². The van der Waals surface area contributed by atoms with Crippen LogP contribution >= 0.6 is 0 Å². The summed E-state index contributed by atoms with van der Waals surface area (Å²) in [6, 6.07) is 5.71. The molecule has 0 radical (unpaired) electrons. The third kappa shape index (κ3) is 3.95. The van der Waals surface area contributed by atoms with Crippen molar-refractivity contribution in [1.82, 2.24) is 5.32 Å². The third-order valence-electron chi connectivity index (χ3n) is 4.10. The summed E-state index contributed by atoms with van der Waals surface area (Å²) in [5, 5.41) is 3.51. The van der Waals surface area contributed by atoms with Crippen LogP contribution in [0.2, 0.25) is 0 Å². The molecular formula is C17H26FNO. The molecule has 3 heteroatoms. The van der Waals surface area contributed by atoms with Crippen LogP contribution < -0.4 is 10.1 Å². The van der Waals surface area contributed by atoms with E-state index in [-0.39, 0.29) is 11.9 Å². The molecule has 1 aromatic rings. The number of ether oxygens (including phenoxy) is 1. The van der Waals surface area contributed by atoms with Crippen molar-refractivity contribution in [1.29, 1.82) is 0 Å². The van der Waals surface area contributed by atoms with Crippen LogP contribution in [0.25, 0.3) is 0 Å². The minimum Gasteiger partial charge on any atom is -0.486 e. The molecule has 2 atom stereocenters. The highest BCUT2D eigenvalue weighted by Gasteiger charge is 2.24. The Hall–Kier alpha value is -1.09. The molecule has 20 heavy (non-hydrogen) atoms. The quantitative estimate of drug-likeness (QED) is 0.891. The Morgan fingerprint density at radius 3 is 2.70 bits per heavy atom. The van der Waals surface area contributed by atoms with Crippen LogP contribution in [0.1, 0.15) is 51.0 Å². The van der Waals surface area contributed by atoms with Crippen LogP contribution in [0.5, 0.6) is 5.75 Å². The average Bonchev–Trinajstić information content (AvgIpc) is 2.42. The Bertz CT molecular complexity index is 421. The lowest BCUT2D eigenvalue weighted by atomic mass is 9.94.